The van der Waals surface area contributed by atoms with Crippen LogP contribution in [0, 0.1) is 0 Å². The predicted octanol–water partition coefficient (Wildman–Crippen LogP) is 16.2. The van der Waals surface area contributed by atoms with Crippen LogP contribution in [0.5, 0.6) is 0 Å². The summed E-state index contributed by atoms with van der Waals surface area (Å²) in [5.74, 6) is -0.648. The van der Waals surface area contributed by atoms with Gasteiger partial charge in [0.2, 0.25) is 5.91 Å². The average Bonchev–Trinajstić information content (AvgIpc) is 3.32. The van der Waals surface area contributed by atoms with Gasteiger partial charge >= 0.3 is 5.97 Å². The van der Waals surface area contributed by atoms with E-state index in [-0.39, 0.29) is 25.4 Å². The molecule has 0 aromatic rings. The van der Waals surface area contributed by atoms with Gasteiger partial charge in [-0.2, -0.15) is 0 Å². The molecular formula is C60H105N2O7P. The summed E-state index contributed by atoms with van der Waals surface area (Å²) in [6, 6.07) is -0.929. The summed E-state index contributed by atoms with van der Waals surface area (Å²) in [7, 11) is 1.12. The Kier molecular flexibility index (Phi) is 47.3. The zero-order valence-corrected chi connectivity index (χ0v) is 46.6. The van der Waals surface area contributed by atoms with Crippen molar-refractivity contribution in [3.8, 4) is 0 Å². The smallest absolute Gasteiger partial charge is 0.306 e. The second-order valence-electron chi connectivity index (χ2n) is 19.7. The van der Waals surface area contributed by atoms with Gasteiger partial charge in [-0.25, -0.2) is 0 Å². The van der Waals surface area contributed by atoms with E-state index in [0.29, 0.717) is 23.9 Å². The third kappa shape index (κ3) is 49.9. The molecule has 0 aromatic heterocycles. The molecule has 0 rings (SSSR count). The summed E-state index contributed by atoms with van der Waals surface area (Å²) in [4.78, 5) is 39.8. The molecule has 0 aliphatic rings. The molecule has 0 aromatic carbocycles. The number of quaternary nitrogens is 1. The van der Waals surface area contributed by atoms with E-state index in [1.165, 1.54) is 89.9 Å². The molecule has 3 atom stereocenters. The van der Waals surface area contributed by atoms with Gasteiger partial charge in [-0.05, 0) is 96.0 Å². The van der Waals surface area contributed by atoms with Crippen LogP contribution in [-0.4, -0.2) is 69.4 Å². The fourth-order valence-electron chi connectivity index (χ4n) is 7.43. The number of ether oxygens (including phenoxy) is 1. The Balaban J connectivity index is 5.49. The number of nitrogens with one attached hydrogen (secondary N) is 1. The average molecular weight is 997 g/mol. The quantitative estimate of drug-likeness (QED) is 0.0161. The molecule has 1 N–H and O–H groups in total. The fourth-order valence-corrected chi connectivity index (χ4v) is 8.15. The molecule has 10 heteroatoms. The number of carbonyl (C=O) groups excluding carboxylic acids is 2. The summed E-state index contributed by atoms with van der Waals surface area (Å²) in [5.41, 5.74) is 0. The summed E-state index contributed by atoms with van der Waals surface area (Å²) in [6.07, 6.45) is 65.3. The van der Waals surface area contributed by atoms with E-state index in [2.05, 4.69) is 111 Å². The summed E-state index contributed by atoms with van der Waals surface area (Å²) >= 11 is 0. The molecule has 0 bridgehead atoms. The van der Waals surface area contributed by atoms with Crippen LogP contribution >= 0.6 is 7.82 Å². The maximum Gasteiger partial charge on any atom is 0.306 e. The number of amides is 1. The summed E-state index contributed by atoms with van der Waals surface area (Å²) < 4.78 is 30.1. The highest BCUT2D eigenvalue weighted by Crippen LogP contribution is 2.38. The van der Waals surface area contributed by atoms with E-state index < -0.39 is 32.5 Å². The molecule has 0 heterocycles. The monoisotopic (exact) mass is 997 g/mol. The zero-order chi connectivity index (χ0) is 51.5. The Hall–Kier alpha value is -3.07. The summed E-state index contributed by atoms with van der Waals surface area (Å²) in [6.45, 7) is 6.63. The SMILES string of the molecule is CC/C=C\C/C=C\C/C=C\C/C=C\C/C=C\CCCC(=O)OC(/C=C/CCCCCCCCCCC)C(COP(=O)([O-])OCC[N+](C)(C)C)NC(=O)CCCCC/C=C/C=C/CCCCCCCCC. The number of carbonyl (C=O) groups is 2. The normalized spacial score (nSPS) is 14.6. The van der Waals surface area contributed by atoms with E-state index >= 15 is 0 Å². The van der Waals surface area contributed by atoms with Gasteiger partial charge in [0.15, 0.2) is 0 Å². The van der Waals surface area contributed by atoms with Crippen molar-refractivity contribution in [3.63, 3.8) is 0 Å². The molecule has 402 valence electrons. The third-order valence-electron chi connectivity index (χ3n) is 11.8. The van der Waals surface area contributed by atoms with Gasteiger partial charge < -0.3 is 28.5 Å². The number of rotatable bonds is 49. The molecule has 0 aliphatic heterocycles. The van der Waals surface area contributed by atoms with Crippen LogP contribution in [0.4, 0.5) is 0 Å². The first-order valence-corrected chi connectivity index (χ1v) is 29.5. The Morgan fingerprint density at radius 2 is 0.971 bits per heavy atom. The highest BCUT2D eigenvalue weighted by atomic mass is 31.2. The van der Waals surface area contributed by atoms with Gasteiger partial charge in [0, 0.05) is 12.8 Å². The van der Waals surface area contributed by atoms with Crippen LogP contribution in [0.25, 0.3) is 0 Å². The first kappa shape index (κ1) is 66.9. The van der Waals surface area contributed by atoms with E-state index in [4.69, 9.17) is 13.8 Å². The zero-order valence-electron chi connectivity index (χ0n) is 45.7. The Bertz CT molecular complexity index is 1520. The van der Waals surface area contributed by atoms with Gasteiger partial charge in [-0.3, -0.25) is 14.2 Å². The van der Waals surface area contributed by atoms with E-state index in [0.717, 1.165) is 83.5 Å². The molecule has 0 fully saturated rings. The van der Waals surface area contributed by atoms with Crippen LogP contribution in [0.1, 0.15) is 220 Å². The number of esters is 1. The van der Waals surface area contributed by atoms with Crippen molar-refractivity contribution in [1.29, 1.82) is 0 Å². The van der Waals surface area contributed by atoms with Gasteiger partial charge in [0.05, 0.1) is 33.8 Å². The number of allylic oxidation sites excluding steroid dienone is 15. The van der Waals surface area contributed by atoms with E-state index in [1.807, 2.05) is 27.2 Å². The van der Waals surface area contributed by atoms with E-state index in [1.54, 1.807) is 6.08 Å². The molecular weight excluding hydrogens is 892 g/mol. The standard InChI is InChI=1S/C60H105N2O7P/c1-7-10-13-16-19-22-25-27-29-31-33-35-38-41-44-47-50-53-60(64)69-58(51-48-45-42-39-36-24-21-18-15-12-9-3)57(56-68-70(65,66)67-55-54-62(4,5)6)61-59(63)52-49-46-43-40-37-34-32-30-28-26-23-20-17-14-11-8-2/h10,13,19,22,27,29-30,32-35,37,41,44,48,51,57-58H,7-9,11-12,14-18,20-21,23-26,28,31,36,38-40,42-43,45-47,49-50,52-56H2,1-6H3,(H-,61,63,65,66)/b13-10-,22-19-,29-27-,32-30+,35-33-,37-34+,44-41-,51-48+. The van der Waals surface area contributed by atoms with Gasteiger partial charge in [-0.15, -0.1) is 0 Å². The second-order valence-corrected chi connectivity index (χ2v) is 21.1. The number of hydrogen-bond acceptors (Lipinski definition) is 7. The first-order chi connectivity index (χ1) is 33.9. The van der Waals surface area contributed by atoms with Crippen LogP contribution in [0.2, 0.25) is 0 Å². The van der Waals surface area contributed by atoms with Crippen LogP contribution in [0.3, 0.4) is 0 Å². The molecule has 3 unspecified atom stereocenters. The molecule has 0 spiro atoms. The minimum absolute atomic E-state index is 0.0407. The number of phosphoric acid groups is 1. The minimum atomic E-state index is -4.72. The van der Waals surface area contributed by atoms with Crippen molar-refractivity contribution in [1.82, 2.24) is 5.32 Å². The van der Waals surface area contributed by atoms with Crippen molar-refractivity contribution in [2.24, 2.45) is 0 Å². The van der Waals surface area contributed by atoms with E-state index in [9.17, 15) is 19.0 Å². The minimum Gasteiger partial charge on any atom is -0.756 e. The Morgan fingerprint density at radius 1 is 0.529 bits per heavy atom. The number of likely N-dealkylation sites (N-methyl/N-ethyl adjacent to an activating group) is 1. The highest BCUT2D eigenvalue weighted by molar-refractivity contribution is 7.45. The lowest BCUT2D eigenvalue weighted by atomic mass is 10.1. The molecule has 0 radical (unpaired) electrons. The highest BCUT2D eigenvalue weighted by Gasteiger charge is 2.27. The molecule has 0 aliphatic carbocycles. The van der Waals surface area contributed by atoms with Crippen LogP contribution in [-0.2, 0) is 27.9 Å². The fraction of sp³-hybridized carbons (Fsp3) is 0.700. The van der Waals surface area contributed by atoms with Gasteiger partial charge in [0.1, 0.15) is 19.3 Å². The lowest BCUT2D eigenvalue weighted by Gasteiger charge is -2.30. The topological polar surface area (TPSA) is 114 Å². The van der Waals surface area contributed by atoms with Crippen LogP contribution < -0.4 is 10.2 Å². The maximum absolute atomic E-state index is 13.4. The van der Waals surface area contributed by atoms with Gasteiger partial charge in [0.25, 0.3) is 7.82 Å². The number of phosphoric ester groups is 1. The maximum atomic E-state index is 13.4. The molecule has 0 saturated heterocycles. The third-order valence-corrected chi connectivity index (χ3v) is 12.7. The second kappa shape index (κ2) is 49.5. The van der Waals surface area contributed by atoms with Crippen molar-refractivity contribution in [3.05, 3.63) is 97.2 Å². The molecule has 9 nitrogen and oxygen atoms in total. The largest absolute Gasteiger partial charge is 0.756 e. The van der Waals surface area contributed by atoms with Crippen molar-refractivity contribution in [2.75, 3.05) is 40.9 Å². The molecule has 0 saturated carbocycles. The number of unbranched alkanes of at least 4 members (excludes halogenated alkanes) is 20. The Morgan fingerprint density at radius 3 is 1.47 bits per heavy atom. The first-order valence-electron chi connectivity index (χ1n) is 28.1. The molecule has 1 amide bonds. The lowest BCUT2D eigenvalue weighted by molar-refractivity contribution is -0.870. The van der Waals surface area contributed by atoms with Crippen molar-refractivity contribution < 1.29 is 37.3 Å². The number of hydrogen-bond donors (Lipinski definition) is 1. The van der Waals surface area contributed by atoms with Crippen LogP contribution in [0.15, 0.2) is 97.2 Å². The Labute approximate surface area is 430 Å². The van der Waals surface area contributed by atoms with Crippen molar-refractivity contribution >= 4 is 19.7 Å². The predicted molar refractivity (Wildman–Crippen MR) is 297 cm³/mol. The summed E-state index contributed by atoms with van der Waals surface area (Å²) in [5, 5.41) is 2.98. The van der Waals surface area contributed by atoms with Gasteiger partial charge in [-0.1, -0.05) is 208 Å². The number of nitrogens with zero attached hydrogens (tertiary/aromatic N) is 1. The molecule has 70 heavy (non-hydrogen) atoms. The lowest BCUT2D eigenvalue weighted by Crippen LogP contribution is -2.47. The van der Waals surface area contributed by atoms with Crippen molar-refractivity contribution in [2.45, 2.75) is 232 Å².